The van der Waals surface area contributed by atoms with E-state index in [0.717, 1.165) is 58.3 Å². The molecular weight excluding hydrogens is 332 g/mol. The van der Waals surface area contributed by atoms with Gasteiger partial charge in [-0.05, 0) is 51.9 Å². The van der Waals surface area contributed by atoms with Crippen LogP contribution in [0.5, 0.6) is 0 Å². The topological polar surface area (TPSA) is 90.6 Å². The van der Waals surface area contributed by atoms with Crippen molar-refractivity contribution in [2.45, 2.75) is 33.8 Å². The number of benzene rings is 1. The number of nitrogens with one attached hydrogen (secondary N) is 1. The summed E-state index contributed by atoms with van der Waals surface area (Å²) < 4.78 is 17.2. The molecule has 0 spiro atoms. The van der Waals surface area contributed by atoms with Crippen LogP contribution in [0.4, 0.5) is 0 Å². The molecule has 3 aromatic rings. The van der Waals surface area contributed by atoms with Crippen LogP contribution >= 0.6 is 0 Å². The molecule has 3 N–H and O–H groups in total. The van der Waals surface area contributed by atoms with Gasteiger partial charge >= 0.3 is 5.63 Å². The fourth-order valence-corrected chi connectivity index (χ4v) is 3.15. The van der Waals surface area contributed by atoms with E-state index in [1.54, 1.807) is 0 Å². The van der Waals surface area contributed by atoms with Gasteiger partial charge in [0, 0.05) is 34.5 Å². The van der Waals surface area contributed by atoms with Gasteiger partial charge in [0.2, 0.25) is 0 Å². The summed E-state index contributed by atoms with van der Waals surface area (Å²) in [6.07, 6.45) is 0.963. The second kappa shape index (κ2) is 8.03. The van der Waals surface area contributed by atoms with Crippen LogP contribution in [0.3, 0.4) is 0 Å². The first-order chi connectivity index (χ1) is 12.5. The number of ether oxygens (including phenoxy) is 1. The number of furan rings is 1. The summed E-state index contributed by atoms with van der Waals surface area (Å²) in [7, 11) is 0. The number of rotatable bonds is 8. The summed E-state index contributed by atoms with van der Waals surface area (Å²) in [5.74, 6) is 0.806. The van der Waals surface area contributed by atoms with Crippen molar-refractivity contribution in [2.75, 3.05) is 26.2 Å². The maximum Gasteiger partial charge on any atom is 0.336 e. The quantitative estimate of drug-likeness (QED) is 0.475. The van der Waals surface area contributed by atoms with Crippen LogP contribution in [0.1, 0.15) is 28.9 Å². The first-order valence-electron chi connectivity index (χ1n) is 8.97. The van der Waals surface area contributed by atoms with Crippen LogP contribution in [0.2, 0.25) is 0 Å². The Hall–Kier alpha value is -2.15. The molecule has 1 aromatic carbocycles. The lowest BCUT2D eigenvalue weighted by Crippen LogP contribution is -2.22. The minimum atomic E-state index is -0.341. The third-order valence-electron chi connectivity index (χ3n) is 4.68. The fourth-order valence-electron chi connectivity index (χ4n) is 3.15. The van der Waals surface area contributed by atoms with E-state index in [4.69, 9.17) is 19.3 Å². The highest BCUT2D eigenvalue weighted by atomic mass is 16.5. The van der Waals surface area contributed by atoms with Gasteiger partial charge in [-0.15, -0.1) is 0 Å². The molecule has 0 aliphatic rings. The molecule has 2 aromatic heterocycles. The molecule has 3 rings (SSSR count). The summed E-state index contributed by atoms with van der Waals surface area (Å²) in [5.41, 5.74) is 9.27. The summed E-state index contributed by atoms with van der Waals surface area (Å²) in [4.78, 5) is 11.7. The molecule has 0 aliphatic carbocycles. The summed E-state index contributed by atoms with van der Waals surface area (Å²) in [6, 6.07) is 3.55. The maximum absolute atomic E-state index is 11.7. The molecule has 0 saturated heterocycles. The zero-order chi connectivity index (χ0) is 18.7. The van der Waals surface area contributed by atoms with Gasteiger partial charge in [-0.25, -0.2) is 4.79 Å². The van der Waals surface area contributed by atoms with Crippen molar-refractivity contribution in [3.8, 4) is 0 Å². The van der Waals surface area contributed by atoms with Gasteiger partial charge in [-0.1, -0.05) is 0 Å². The van der Waals surface area contributed by atoms with E-state index in [1.165, 1.54) is 6.07 Å². The lowest BCUT2D eigenvalue weighted by atomic mass is 10.0. The number of hydrogen-bond acceptors (Lipinski definition) is 6. The smallest absolute Gasteiger partial charge is 0.336 e. The van der Waals surface area contributed by atoms with Gasteiger partial charge in [0.15, 0.2) is 0 Å². The standard InChI is InChI=1S/C20H26N2O4/c1-12-9-18(23)26-19-14(3)20-16(10-15(12)19)13(2)17(25-20)11-24-8-7-22-6-4-5-21/h9-10,22H,4-8,11,21H2,1-3H3. The predicted octanol–water partition coefficient (Wildman–Crippen LogP) is 2.92. The second-order valence-corrected chi connectivity index (χ2v) is 6.60. The third-order valence-corrected chi connectivity index (χ3v) is 4.68. The van der Waals surface area contributed by atoms with E-state index >= 15 is 0 Å². The van der Waals surface area contributed by atoms with Crippen molar-refractivity contribution < 1.29 is 13.6 Å². The van der Waals surface area contributed by atoms with Gasteiger partial charge < -0.3 is 24.6 Å². The minimum Gasteiger partial charge on any atom is -0.458 e. The first-order valence-corrected chi connectivity index (χ1v) is 8.97. The van der Waals surface area contributed by atoms with Crippen LogP contribution in [-0.2, 0) is 11.3 Å². The highest BCUT2D eigenvalue weighted by Gasteiger charge is 2.17. The zero-order valence-electron chi connectivity index (χ0n) is 15.6. The monoisotopic (exact) mass is 358 g/mol. The van der Waals surface area contributed by atoms with Crippen LogP contribution in [0, 0.1) is 20.8 Å². The van der Waals surface area contributed by atoms with Crippen LogP contribution in [-0.4, -0.2) is 26.2 Å². The lowest BCUT2D eigenvalue weighted by molar-refractivity contribution is 0.109. The second-order valence-electron chi connectivity index (χ2n) is 6.60. The Morgan fingerprint density at radius 1 is 1.04 bits per heavy atom. The van der Waals surface area contributed by atoms with Gasteiger partial charge in [0.1, 0.15) is 23.5 Å². The molecule has 6 heteroatoms. The molecule has 0 atom stereocenters. The van der Waals surface area contributed by atoms with Gasteiger partial charge in [-0.2, -0.15) is 0 Å². The van der Waals surface area contributed by atoms with Crippen molar-refractivity contribution in [2.24, 2.45) is 5.73 Å². The normalized spacial score (nSPS) is 11.7. The van der Waals surface area contributed by atoms with E-state index in [1.807, 2.05) is 26.8 Å². The molecule has 0 bridgehead atoms. The van der Waals surface area contributed by atoms with E-state index in [-0.39, 0.29) is 5.63 Å². The van der Waals surface area contributed by atoms with Crippen molar-refractivity contribution in [1.29, 1.82) is 0 Å². The van der Waals surface area contributed by atoms with Crippen molar-refractivity contribution in [3.05, 3.63) is 45.0 Å². The third kappa shape index (κ3) is 3.67. The molecule has 0 unspecified atom stereocenters. The maximum atomic E-state index is 11.7. The Labute approximate surface area is 152 Å². The molecule has 0 saturated carbocycles. The van der Waals surface area contributed by atoms with Gasteiger partial charge in [0.05, 0.1) is 6.61 Å². The van der Waals surface area contributed by atoms with Crippen LogP contribution in [0.15, 0.2) is 25.8 Å². The number of aryl methyl sites for hydroxylation is 3. The van der Waals surface area contributed by atoms with Crippen molar-refractivity contribution >= 4 is 21.9 Å². The minimum absolute atomic E-state index is 0.341. The molecule has 0 fully saturated rings. The molecular formula is C20H26N2O4. The van der Waals surface area contributed by atoms with Crippen molar-refractivity contribution in [1.82, 2.24) is 5.32 Å². The Balaban J connectivity index is 1.81. The van der Waals surface area contributed by atoms with Crippen molar-refractivity contribution in [3.63, 3.8) is 0 Å². The number of nitrogens with two attached hydrogens (primary N) is 1. The Kier molecular flexibility index (Phi) is 5.76. The van der Waals surface area contributed by atoms with E-state index in [9.17, 15) is 4.79 Å². The number of hydrogen-bond donors (Lipinski definition) is 2. The van der Waals surface area contributed by atoms with Crippen LogP contribution in [0.25, 0.3) is 21.9 Å². The Morgan fingerprint density at radius 2 is 1.81 bits per heavy atom. The molecule has 0 radical (unpaired) electrons. The highest BCUT2D eigenvalue weighted by molar-refractivity contribution is 5.99. The summed E-state index contributed by atoms with van der Waals surface area (Å²) >= 11 is 0. The van der Waals surface area contributed by atoms with E-state index < -0.39 is 0 Å². The highest BCUT2D eigenvalue weighted by Crippen LogP contribution is 2.34. The fraction of sp³-hybridized carbons (Fsp3) is 0.450. The van der Waals surface area contributed by atoms with Crippen LogP contribution < -0.4 is 16.7 Å². The van der Waals surface area contributed by atoms with E-state index in [0.29, 0.717) is 25.3 Å². The zero-order valence-corrected chi connectivity index (χ0v) is 15.6. The first kappa shape index (κ1) is 18.6. The summed E-state index contributed by atoms with van der Waals surface area (Å²) in [6.45, 7) is 9.27. The predicted molar refractivity (Wildman–Crippen MR) is 103 cm³/mol. The Bertz CT molecular complexity index is 971. The SMILES string of the molecule is Cc1cc(=O)oc2c(C)c3oc(COCCNCCCN)c(C)c3cc12. The largest absolute Gasteiger partial charge is 0.458 e. The lowest BCUT2D eigenvalue weighted by Gasteiger charge is -2.04. The molecule has 0 aliphatic heterocycles. The van der Waals surface area contributed by atoms with Gasteiger partial charge in [-0.3, -0.25) is 0 Å². The number of fused-ring (bicyclic) bond motifs is 2. The average Bonchev–Trinajstić information content (AvgIpc) is 2.92. The Morgan fingerprint density at radius 3 is 2.58 bits per heavy atom. The summed E-state index contributed by atoms with van der Waals surface area (Å²) in [5, 5.41) is 5.25. The van der Waals surface area contributed by atoms with Gasteiger partial charge in [0.25, 0.3) is 0 Å². The molecule has 0 amide bonds. The molecule has 2 heterocycles. The molecule has 140 valence electrons. The van der Waals surface area contributed by atoms with E-state index in [2.05, 4.69) is 5.32 Å². The molecule has 26 heavy (non-hydrogen) atoms. The molecule has 6 nitrogen and oxygen atoms in total. The average molecular weight is 358 g/mol.